The normalized spacial score (nSPS) is 9.77. The second-order valence-electron chi connectivity index (χ2n) is 2.38. The van der Waals surface area contributed by atoms with Crippen LogP contribution in [0.5, 0.6) is 0 Å². The van der Waals surface area contributed by atoms with Crippen molar-refractivity contribution in [2.45, 2.75) is 13.8 Å². The van der Waals surface area contributed by atoms with Crippen molar-refractivity contribution in [1.82, 2.24) is 4.98 Å². The Labute approximate surface area is 80.9 Å². The SMILES string of the molecule is CCOC(=O)c1nc(C)sc1NC. The number of carbonyl (C=O) groups excluding carboxylic acids is 1. The lowest BCUT2D eigenvalue weighted by atomic mass is 10.4. The summed E-state index contributed by atoms with van der Waals surface area (Å²) in [6, 6.07) is 0. The van der Waals surface area contributed by atoms with Crippen molar-refractivity contribution in [2.75, 3.05) is 19.0 Å². The van der Waals surface area contributed by atoms with Gasteiger partial charge in [0, 0.05) is 7.05 Å². The molecule has 0 aliphatic heterocycles. The average molecular weight is 200 g/mol. The third-order valence-corrected chi connectivity index (χ3v) is 2.42. The van der Waals surface area contributed by atoms with Crippen molar-refractivity contribution < 1.29 is 9.53 Å². The van der Waals surface area contributed by atoms with Crippen LogP contribution in [-0.2, 0) is 4.74 Å². The van der Waals surface area contributed by atoms with Crippen molar-refractivity contribution in [3.05, 3.63) is 10.7 Å². The van der Waals surface area contributed by atoms with Crippen LogP contribution in [0.25, 0.3) is 0 Å². The smallest absolute Gasteiger partial charge is 0.360 e. The van der Waals surface area contributed by atoms with Gasteiger partial charge in [-0.1, -0.05) is 0 Å². The molecule has 0 aliphatic rings. The summed E-state index contributed by atoms with van der Waals surface area (Å²) in [7, 11) is 1.76. The summed E-state index contributed by atoms with van der Waals surface area (Å²) in [4.78, 5) is 15.4. The number of nitrogens with one attached hydrogen (secondary N) is 1. The molecule has 4 nitrogen and oxygen atoms in total. The zero-order valence-electron chi connectivity index (χ0n) is 7.88. The lowest BCUT2D eigenvalue weighted by Crippen LogP contribution is -2.07. The van der Waals surface area contributed by atoms with E-state index in [9.17, 15) is 4.79 Å². The van der Waals surface area contributed by atoms with Gasteiger partial charge in [-0.2, -0.15) is 0 Å². The molecule has 0 amide bonds. The number of hydrogen-bond donors (Lipinski definition) is 1. The number of hydrogen-bond acceptors (Lipinski definition) is 5. The standard InChI is InChI=1S/C8H12N2O2S/c1-4-12-8(11)6-7(9-3)13-5(2)10-6/h9H,4H2,1-3H3. The first kappa shape index (κ1) is 9.98. The maximum Gasteiger partial charge on any atom is 0.360 e. The summed E-state index contributed by atoms with van der Waals surface area (Å²) in [5.41, 5.74) is 0.381. The van der Waals surface area contributed by atoms with Crippen molar-refractivity contribution in [1.29, 1.82) is 0 Å². The molecule has 13 heavy (non-hydrogen) atoms. The zero-order valence-corrected chi connectivity index (χ0v) is 8.70. The van der Waals surface area contributed by atoms with Crippen LogP contribution in [0.1, 0.15) is 22.4 Å². The summed E-state index contributed by atoms with van der Waals surface area (Å²) >= 11 is 1.45. The summed E-state index contributed by atoms with van der Waals surface area (Å²) in [6.45, 7) is 4.00. The van der Waals surface area contributed by atoms with E-state index in [2.05, 4.69) is 10.3 Å². The largest absolute Gasteiger partial charge is 0.461 e. The molecule has 0 fully saturated rings. The molecule has 0 radical (unpaired) electrons. The Balaban J connectivity index is 2.91. The molecule has 1 N–H and O–H groups in total. The highest BCUT2D eigenvalue weighted by Gasteiger charge is 2.16. The molecule has 0 aliphatic carbocycles. The number of aromatic nitrogens is 1. The van der Waals surface area contributed by atoms with E-state index in [4.69, 9.17) is 4.74 Å². The third-order valence-electron chi connectivity index (χ3n) is 1.43. The Hall–Kier alpha value is -1.10. The van der Waals surface area contributed by atoms with Gasteiger partial charge < -0.3 is 10.1 Å². The molecule has 72 valence electrons. The fraction of sp³-hybridized carbons (Fsp3) is 0.500. The lowest BCUT2D eigenvalue weighted by Gasteiger charge is -2.00. The van der Waals surface area contributed by atoms with Crippen LogP contribution in [0, 0.1) is 6.92 Å². The van der Waals surface area contributed by atoms with Crippen LogP contribution < -0.4 is 5.32 Å². The van der Waals surface area contributed by atoms with Crippen molar-refractivity contribution >= 4 is 22.3 Å². The van der Waals surface area contributed by atoms with E-state index >= 15 is 0 Å². The van der Waals surface area contributed by atoms with Crippen LogP contribution >= 0.6 is 11.3 Å². The topological polar surface area (TPSA) is 51.2 Å². The Morgan fingerprint density at radius 1 is 1.69 bits per heavy atom. The van der Waals surface area contributed by atoms with Crippen LogP contribution in [-0.4, -0.2) is 24.6 Å². The van der Waals surface area contributed by atoms with Gasteiger partial charge in [-0.3, -0.25) is 0 Å². The second-order valence-corrected chi connectivity index (χ2v) is 3.58. The highest BCUT2D eigenvalue weighted by Crippen LogP contribution is 2.23. The van der Waals surface area contributed by atoms with E-state index in [0.717, 1.165) is 10.0 Å². The quantitative estimate of drug-likeness (QED) is 0.754. The van der Waals surface area contributed by atoms with Crippen LogP contribution in [0.2, 0.25) is 0 Å². The molecule has 0 spiro atoms. The Kier molecular flexibility index (Phi) is 3.25. The maximum atomic E-state index is 11.3. The molecular formula is C8H12N2O2S. The fourth-order valence-electron chi connectivity index (χ4n) is 0.934. The van der Waals surface area contributed by atoms with Crippen LogP contribution in [0.4, 0.5) is 5.00 Å². The Bertz CT molecular complexity index is 309. The van der Waals surface area contributed by atoms with Gasteiger partial charge in [-0.25, -0.2) is 9.78 Å². The van der Waals surface area contributed by atoms with Gasteiger partial charge in [-0.05, 0) is 13.8 Å². The first-order chi connectivity index (χ1) is 6.19. The summed E-state index contributed by atoms with van der Waals surface area (Å²) in [6.07, 6.45) is 0. The van der Waals surface area contributed by atoms with E-state index in [1.54, 1.807) is 14.0 Å². The molecule has 1 aromatic heterocycles. The number of rotatable bonds is 3. The number of ether oxygens (including phenoxy) is 1. The maximum absolute atomic E-state index is 11.3. The number of nitrogens with zero attached hydrogens (tertiary/aromatic N) is 1. The number of esters is 1. The summed E-state index contributed by atoms with van der Waals surface area (Å²) < 4.78 is 4.85. The highest BCUT2D eigenvalue weighted by atomic mass is 32.1. The molecule has 0 aromatic carbocycles. The van der Waals surface area contributed by atoms with Gasteiger partial charge in [-0.15, -0.1) is 11.3 Å². The van der Waals surface area contributed by atoms with Gasteiger partial charge in [0.1, 0.15) is 5.00 Å². The van der Waals surface area contributed by atoms with Crippen LogP contribution in [0.15, 0.2) is 0 Å². The predicted molar refractivity (Wildman–Crippen MR) is 52.4 cm³/mol. The van der Waals surface area contributed by atoms with Gasteiger partial charge in [0.25, 0.3) is 0 Å². The lowest BCUT2D eigenvalue weighted by molar-refractivity contribution is 0.0521. The van der Waals surface area contributed by atoms with Gasteiger partial charge in [0.15, 0.2) is 5.69 Å². The molecule has 1 rings (SSSR count). The summed E-state index contributed by atoms with van der Waals surface area (Å²) in [5.74, 6) is -0.365. The molecule has 0 atom stereocenters. The number of anilines is 1. The van der Waals surface area contributed by atoms with Gasteiger partial charge in [0.05, 0.1) is 11.6 Å². The van der Waals surface area contributed by atoms with E-state index < -0.39 is 0 Å². The monoisotopic (exact) mass is 200 g/mol. The van der Waals surface area contributed by atoms with Gasteiger partial charge >= 0.3 is 5.97 Å². The molecule has 0 saturated carbocycles. The van der Waals surface area contributed by atoms with Crippen molar-refractivity contribution in [3.8, 4) is 0 Å². The molecule has 0 bridgehead atoms. The first-order valence-corrected chi connectivity index (χ1v) is 4.83. The predicted octanol–water partition coefficient (Wildman–Crippen LogP) is 1.67. The Morgan fingerprint density at radius 2 is 2.38 bits per heavy atom. The molecule has 5 heteroatoms. The average Bonchev–Trinajstić information content (AvgIpc) is 2.47. The third kappa shape index (κ3) is 2.18. The number of aryl methyl sites for hydroxylation is 1. The van der Waals surface area contributed by atoms with E-state index in [-0.39, 0.29) is 5.97 Å². The van der Waals surface area contributed by atoms with Crippen molar-refractivity contribution in [2.24, 2.45) is 0 Å². The van der Waals surface area contributed by atoms with Gasteiger partial charge in [0.2, 0.25) is 0 Å². The minimum atomic E-state index is -0.365. The molecular weight excluding hydrogens is 188 g/mol. The Morgan fingerprint density at radius 3 is 2.92 bits per heavy atom. The molecule has 1 heterocycles. The number of thiazole rings is 1. The summed E-state index contributed by atoms with van der Waals surface area (Å²) in [5, 5.41) is 4.53. The molecule has 0 saturated heterocycles. The molecule has 1 aromatic rings. The zero-order chi connectivity index (χ0) is 9.84. The first-order valence-electron chi connectivity index (χ1n) is 4.01. The highest BCUT2D eigenvalue weighted by molar-refractivity contribution is 7.16. The van der Waals surface area contributed by atoms with E-state index in [1.165, 1.54) is 11.3 Å². The van der Waals surface area contributed by atoms with Crippen molar-refractivity contribution in [3.63, 3.8) is 0 Å². The fourth-order valence-corrected chi connectivity index (χ4v) is 1.69. The second kappa shape index (κ2) is 4.23. The minimum Gasteiger partial charge on any atom is -0.461 e. The number of carbonyl (C=O) groups is 1. The van der Waals surface area contributed by atoms with E-state index in [1.807, 2.05) is 6.92 Å². The molecule has 0 unspecified atom stereocenters. The van der Waals surface area contributed by atoms with Crippen LogP contribution in [0.3, 0.4) is 0 Å². The van der Waals surface area contributed by atoms with E-state index in [0.29, 0.717) is 12.3 Å². The minimum absolute atomic E-state index is 0.365.